The molecule has 0 N–H and O–H groups in total. The van der Waals surface area contributed by atoms with Gasteiger partial charge >= 0.3 is 14.2 Å². The van der Waals surface area contributed by atoms with E-state index in [4.69, 9.17) is 23.4 Å². The molecule has 2 saturated heterocycles. The lowest BCUT2D eigenvalue weighted by Crippen LogP contribution is -2.32. The van der Waals surface area contributed by atoms with Crippen molar-refractivity contribution in [2.45, 2.75) is 13.2 Å². The molecule has 3 aliphatic rings. The Bertz CT molecular complexity index is 720. The average Bonchev–Trinajstić information content (AvgIpc) is 3.33. The molecule has 2 aromatic carbocycles. The molecule has 7 heteroatoms. The molecule has 0 unspecified atom stereocenters. The highest BCUT2D eigenvalue weighted by Gasteiger charge is 2.29. The number of fused-ring (bicyclic) bond motifs is 3. The molecule has 0 bridgehead atoms. The molecule has 0 radical (unpaired) electrons. The molecule has 25 heavy (non-hydrogen) atoms. The fourth-order valence-electron chi connectivity index (χ4n) is 3.66. The van der Waals surface area contributed by atoms with E-state index < -0.39 is 0 Å². The van der Waals surface area contributed by atoms with E-state index in [0.29, 0.717) is 39.6 Å². The summed E-state index contributed by atoms with van der Waals surface area (Å²) in [6, 6.07) is 12.7. The second-order valence-electron chi connectivity index (χ2n) is 6.47. The fourth-order valence-corrected chi connectivity index (χ4v) is 3.66. The normalized spacial score (nSPS) is 19.7. The zero-order valence-corrected chi connectivity index (χ0v) is 13.9. The van der Waals surface area contributed by atoms with Gasteiger partial charge in [0.05, 0.1) is 39.6 Å². The van der Waals surface area contributed by atoms with E-state index >= 15 is 0 Å². The number of benzene rings is 2. The second kappa shape index (κ2) is 6.59. The molecule has 3 heterocycles. The molecular weight excluding hydrogens is 318 g/mol. The highest BCUT2D eigenvalue weighted by Crippen LogP contribution is 2.31. The van der Waals surface area contributed by atoms with Crippen molar-refractivity contribution in [3.8, 4) is 11.1 Å². The second-order valence-corrected chi connectivity index (χ2v) is 6.47. The van der Waals surface area contributed by atoms with Gasteiger partial charge in [0.2, 0.25) is 0 Å². The van der Waals surface area contributed by atoms with Crippen LogP contribution in [0.4, 0.5) is 0 Å². The van der Waals surface area contributed by atoms with Crippen LogP contribution in [-0.2, 0) is 36.6 Å². The van der Waals surface area contributed by atoms with Gasteiger partial charge in [-0.3, -0.25) is 0 Å². The minimum Gasteiger partial charge on any atom is -0.405 e. The van der Waals surface area contributed by atoms with E-state index in [1.807, 2.05) is 0 Å². The molecule has 5 nitrogen and oxygen atoms in total. The quantitative estimate of drug-likeness (QED) is 0.762. The molecule has 0 spiro atoms. The van der Waals surface area contributed by atoms with Gasteiger partial charge in [-0.05, 0) is 33.2 Å². The number of rotatable bonds is 2. The zero-order valence-electron chi connectivity index (χ0n) is 13.9. The first-order chi connectivity index (χ1) is 12.4. The molecular formula is C18H18B2O5. The summed E-state index contributed by atoms with van der Waals surface area (Å²) in [5.41, 5.74) is 6.83. The largest absolute Gasteiger partial charge is 0.494 e. The maximum Gasteiger partial charge on any atom is 0.494 e. The summed E-state index contributed by atoms with van der Waals surface area (Å²) < 4.78 is 28.4. The van der Waals surface area contributed by atoms with Gasteiger partial charge in [-0.25, -0.2) is 0 Å². The molecule has 5 rings (SSSR count). The van der Waals surface area contributed by atoms with Gasteiger partial charge in [-0.1, -0.05) is 36.4 Å². The van der Waals surface area contributed by atoms with Crippen molar-refractivity contribution < 1.29 is 23.4 Å². The minimum absolute atomic E-state index is 0.257. The van der Waals surface area contributed by atoms with Gasteiger partial charge in [0, 0.05) is 0 Å². The smallest absolute Gasteiger partial charge is 0.405 e. The molecule has 0 saturated carbocycles. The van der Waals surface area contributed by atoms with Crippen molar-refractivity contribution >= 4 is 25.2 Å². The molecule has 0 amide bonds. The van der Waals surface area contributed by atoms with Crippen LogP contribution in [0, 0.1) is 0 Å². The summed E-state index contributed by atoms with van der Waals surface area (Å²) >= 11 is 0. The van der Waals surface area contributed by atoms with Crippen molar-refractivity contribution in [3.63, 3.8) is 0 Å². The van der Waals surface area contributed by atoms with Crippen LogP contribution < -0.4 is 10.9 Å². The first-order valence-corrected chi connectivity index (χ1v) is 8.69. The van der Waals surface area contributed by atoms with Crippen molar-refractivity contribution in [2.75, 3.05) is 26.4 Å². The third-order valence-electron chi connectivity index (χ3n) is 4.85. The molecule has 2 aromatic rings. The minimum atomic E-state index is -0.257. The topological polar surface area (TPSA) is 46.2 Å². The van der Waals surface area contributed by atoms with Crippen molar-refractivity contribution in [2.24, 2.45) is 0 Å². The van der Waals surface area contributed by atoms with Crippen LogP contribution in [0.15, 0.2) is 36.4 Å². The third-order valence-corrected chi connectivity index (χ3v) is 4.85. The van der Waals surface area contributed by atoms with E-state index in [-0.39, 0.29) is 14.2 Å². The summed E-state index contributed by atoms with van der Waals surface area (Å²) in [6.07, 6.45) is 0. The Labute approximate surface area is 147 Å². The van der Waals surface area contributed by atoms with Gasteiger partial charge in [0.15, 0.2) is 0 Å². The summed E-state index contributed by atoms with van der Waals surface area (Å²) in [5.74, 6) is 0. The molecule has 0 aromatic heterocycles. The van der Waals surface area contributed by atoms with E-state index in [2.05, 4.69) is 36.4 Å². The average molecular weight is 336 g/mol. The number of hydrogen-bond donors (Lipinski definition) is 0. The van der Waals surface area contributed by atoms with Gasteiger partial charge in [0.1, 0.15) is 0 Å². The Balaban J connectivity index is 1.51. The van der Waals surface area contributed by atoms with E-state index in [9.17, 15) is 0 Å². The van der Waals surface area contributed by atoms with Crippen LogP contribution in [0.1, 0.15) is 11.1 Å². The molecule has 0 atom stereocenters. The van der Waals surface area contributed by atoms with Crippen molar-refractivity contribution in [3.05, 3.63) is 47.5 Å². The summed E-state index contributed by atoms with van der Waals surface area (Å²) in [7, 11) is -0.515. The van der Waals surface area contributed by atoms with Gasteiger partial charge < -0.3 is 23.4 Å². The maximum atomic E-state index is 5.92. The molecule has 2 fully saturated rings. The fraction of sp³-hybridized carbons (Fsp3) is 0.333. The Morgan fingerprint density at radius 1 is 0.600 bits per heavy atom. The van der Waals surface area contributed by atoms with Crippen LogP contribution in [0.2, 0.25) is 0 Å². The number of ether oxygens (including phenoxy) is 1. The Kier molecular flexibility index (Phi) is 4.12. The predicted molar refractivity (Wildman–Crippen MR) is 95.0 cm³/mol. The highest BCUT2D eigenvalue weighted by molar-refractivity contribution is 6.62. The first kappa shape index (κ1) is 15.6. The van der Waals surface area contributed by atoms with E-state index in [0.717, 1.165) is 22.1 Å². The summed E-state index contributed by atoms with van der Waals surface area (Å²) in [4.78, 5) is 0. The molecule has 0 aliphatic carbocycles. The van der Waals surface area contributed by atoms with Crippen LogP contribution in [0.25, 0.3) is 11.1 Å². The highest BCUT2D eigenvalue weighted by atomic mass is 16.6. The van der Waals surface area contributed by atoms with Crippen molar-refractivity contribution in [1.82, 2.24) is 0 Å². The standard InChI is InChI=1S/C18H18B2O5/c1-3-17-13(9-15(1)19-22-5-6-23-19)11-21-12-14-10-16(2-4-18(14)17)20-24-7-8-25-20/h1-4,9-10H,5-8,11-12H2. The van der Waals surface area contributed by atoms with Crippen molar-refractivity contribution in [1.29, 1.82) is 0 Å². The maximum absolute atomic E-state index is 5.92. The van der Waals surface area contributed by atoms with Gasteiger partial charge in [-0.15, -0.1) is 0 Å². The van der Waals surface area contributed by atoms with E-state index in [1.54, 1.807) is 0 Å². The lowest BCUT2D eigenvalue weighted by molar-refractivity contribution is 0.110. The summed E-state index contributed by atoms with van der Waals surface area (Å²) in [5, 5.41) is 0. The number of hydrogen-bond acceptors (Lipinski definition) is 5. The van der Waals surface area contributed by atoms with Gasteiger partial charge in [0.25, 0.3) is 0 Å². The Morgan fingerprint density at radius 3 is 1.48 bits per heavy atom. The van der Waals surface area contributed by atoms with E-state index in [1.165, 1.54) is 11.1 Å². The zero-order chi connectivity index (χ0) is 16.6. The third kappa shape index (κ3) is 2.92. The van der Waals surface area contributed by atoms with Crippen LogP contribution in [-0.4, -0.2) is 40.7 Å². The van der Waals surface area contributed by atoms with Crippen LogP contribution in [0.3, 0.4) is 0 Å². The lowest BCUT2D eigenvalue weighted by atomic mass is 9.76. The predicted octanol–water partition coefficient (Wildman–Crippen LogP) is 0.868. The SMILES string of the molecule is c1cc2c(cc1B1OCCO1)COCc1cc(B3OCCO3)ccc1-2. The van der Waals surface area contributed by atoms with Gasteiger partial charge in [-0.2, -0.15) is 0 Å². The monoisotopic (exact) mass is 336 g/mol. The van der Waals surface area contributed by atoms with Crippen LogP contribution >= 0.6 is 0 Å². The lowest BCUT2D eigenvalue weighted by Gasteiger charge is -2.13. The molecule has 126 valence electrons. The molecule has 3 aliphatic heterocycles. The summed E-state index contributed by atoms with van der Waals surface area (Å²) in [6.45, 7) is 3.75. The Morgan fingerprint density at radius 2 is 1.04 bits per heavy atom. The Hall–Kier alpha value is -1.63. The van der Waals surface area contributed by atoms with Crippen LogP contribution in [0.5, 0.6) is 0 Å². The first-order valence-electron chi connectivity index (χ1n) is 8.69.